The maximum Gasteiger partial charge on any atom is 0.236 e. The molecule has 2 N–H and O–H groups in total. The van der Waals surface area contributed by atoms with Gasteiger partial charge in [0.05, 0.1) is 0 Å². The van der Waals surface area contributed by atoms with Crippen LogP contribution in [-0.4, -0.2) is 16.3 Å². The van der Waals surface area contributed by atoms with Crippen LogP contribution in [0.1, 0.15) is 33.6 Å². The van der Waals surface area contributed by atoms with E-state index in [-0.39, 0.29) is 11.3 Å². The molecule has 2 saturated carbocycles. The number of fused-ring (bicyclic) bond motifs is 1. The first kappa shape index (κ1) is 10.4. The summed E-state index contributed by atoms with van der Waals surface area (Å²) >= 11 is 0. The largest absolute Gasteiger partial charge is 0.249 e. The second-order valence-electron chi connectivity index (χ2n) is 5.16. The molecule has 0 spiro atoms. The van der Waals surface area contributed by atoms with Crippen molar-refractivity contribution in [2.75, 3.05) is 0 Å². The van der Waals surface area contributed by atoms with Gasteiger partial charge in [0.25, 0.3) is 0 Å². The van der Waals surface area contributed by atoms with Gasteiger partial charge in [-0.25, -0.2) is 20.3 Å². The Bertz CT molecular complexity index is 236. The van der Waals surface area contributed by atoms with Crippen molar-refractivity contribution in [2.24, 2.45) is 23.2 Å². The van der Waals surface area contributed by atoms with Crippen molar-refractivity contribution in [3.05, 3.63) is 0 Å². The molecule has 0 aliphatic heterocycles. The minimum Gasteiger partial charge on any atom is -0.249 e. The zero-order valence-electron chi connectivity index (χ0n) is 8.86. The first-order valence-electron chi connectivity index (χ1n) is 5.17. The summed E-state index contributed by atoms with van der Waals surface area (Å²) in [5.41, 5.74) is 0.199. The molecule has 4 heteroatoms. The summed E-state index contributed by atoms with van der Waals surface area (Å²) in [7, 11) is 0. The highest BCUT2D eigenvalue weighted by Crippen LogP contribution is 2.72. The lowest BCUT2D eigenvalue weighted by Crippen LogP contribution is -2.39. The Balaban J connectivity index is 2.21. The van der Waals surface area contributed by atoms with Crippen LogP contribution in [0, 0.1) is 23.2 Å². The van der Waals surface area contributed by atoms with E-state index in [4.69, 9.17) is 10.5 Å². The van der Waals surface area contributed by atoms with Crippen molar-refractivity contribution in [3.63, 3.8) is 0 Å². The summed E-state index contributed by atoms with van der Waals surface area (Å²) in [5.74, 6) is -0.114. The van der Waals surface area contributed by atoms with Gasteiger partial charge in [-0.05, 0) is 23.7 Å². The molecule has 0 aromatic carbocycles. The number of rotatable bonds is 3. The summed E-state index contributed by atoms with van der Waals surface area (Å²) in [6, 6.07) is 0. The number of hydrogen-bond acceptors (Lipinski definition) is 4. The van der Waals surface area contributed by atoms with Gasteiger partial charge in [0.15, 0.2) is 0 Å². The van der Waals surface area contributed by atoms with Gasteiger partial charge in [-0.15, -0.1) is 0 Å². The van der Waals surface area contributed by atoms with E-state index in [0.29, 0.717) is 18.3 Å². The van der Waals surface area contributed by atoms with Crippen LogP contribution in [0.15, 0.2) is 0 Å². The summed E-state index contributed by atoms with van der Waals surface area (Å²) in [6.07, 6.45) is 1.73. The van der Waals surface area contributed by atoms with E-state index in [2.05, 4.69) is 23.6 Å². The van der Waals surface area contributed by atoms with Gasteiger partial charge < -0.3 is 0 Å². The van der Waals surface area contributed by atoms with E-state index in [1.165, 1.54) is 0 Å². The van der Waals surface area contributed by atoms with Crippen molar-refractivity contribution in [3.8, 4) is 0 Å². The molecule has 4 nitrogen and oxygen atoms in total. The average Bonchev–Trinajstić information content (AvgIpc) is 2.84. The fourth-order valence-electron chi connectivity index (χ4n) is 3.27. The molecule has 82 valence electrons. The zero-order chi connectivity index (χ0) is 10.6. The van der Waals surface area contributed by atoms with Crippen LogP contribution in [0.5, 0.6) is 0 Å². The van der Waals surface area contributed by atoms with Gasteiger partial charge in [0, 0.05) is 12.3 Å². The molecule has 2 aliphatic rings. The van der Waals surface area contributed by atoms with Crippen LogP contribution in [0.2, 0.25) is 0 Å². The average molecular weight is 202 g/mol. The predicted octanol–water partition coefficient (Wildman–Crippen LogP) is 2.36. The van der Waals surface area contributed by atoms with E-state index in [1.807, 2.05) is 6.92 Å². The van der Waals surface area contributed by atoms with Gasteiger partial charge in [-0.3, -0.25) is 0 Å². The second-order valence-corrected chi connectivity index (χ2v) is 5.16. The fraction of sp³-hybridized carbons (Fsp3) is 1.00. The molecule has 0 saturated heterocycles. The van der Waals surface area contributed by atoms with E-state index >= 15 is 0 Å². The third kappa shape index (κ3) is 1.03. The molecule has 2 rings (SSSR count). The van der Waals surface area contributed by atoms with Gasteiger partial charge >= 0.3 is 0 Å². The normalized spacial score (nSPS) is 44.1. The molecule has 0 radical (unpaired) electrons. The van der Waals surface area contributed by atoms with Crippen molar-refractivity contribution >= 4 is 0 Å². The second kappa shape index (κ2) is 2.92. The maximum atomic E-state index is 8.84. The zero-order valence-corrected chi connectivity index (χ0v) is 8.86. The van der Waals surface area contributed by atoms with Crippen LogP contribution < -0.4 is 0 Å². The summed E-state index contributed by atoms with van der Waals surface area (Å²) in [6.45, 7) is 6.28. The third-order valence-electron chi connectivity index (χ3n) is 4.51. The van der Waals surface area contributed by atoms with Crippen molar-refractivity contribution in [1.82, 2.24) is 0 Å². The van der Waals surface area contributed by atoms with Crippen LogP contribution in [-0.2, 0) is 9.78 Å². The van der Waals surface area contributed by atoms with Gasteiger partial charge in [0.1, 0.15) is 0 Å². The molecule has 0 heterocycles. The maximum absolute atomic E-state index is 8.84. The molecule has 0 bridgehead atoms. The van der Waals surface area contributed by atoms with Gasteiger partial charge in [0.2, 0.25) is 5.79 Å². The predicted molar refractivity (Wildman–Crippen MR) is 49.3 cm³/mol. The minimum atomic E-state index is -1.19. The molecular weight excluding hydrogens is 184 g/mol. The van der Waals surface area contributed by atoms with E-state index in [9.17, 15) is 0 Å². The van der Waals surface area contributed by atoms with Crippen LogP contribution in [0.25, 0.3) is 0 Å². The first-order chi connectivity index (χ1) is 6.52. The van der Waals surface area contributed by atoms with E-state index < -0.39 is 5.79 Å². The molecule has 2 aliphatic carbocycles. The molecule has 0 amide bonds. The monoisotopic (exact) mass is 202 g/mol. The molecule has 1 unspecified atom stereocenters. The highest BCUT2D eigenvalue weighted by molar-refractivity contribution is 5.16. The fourth-order valence-corrected chi connectivity index (χ4v) is 3.27. The topological polar surface area (TPSA) is 58.9 Å². The lowest BCUT2D eigenvalue weighted by molar-refractivity contribution is -0.498. The van der Waals surface area contributed by atoms with Crippen molar-refractivity contribution < 1.29 is 20.3 Å². The Morgan fingerprint density at radius 2 is 1.86 bits per heavy atom. The standard InChI is InChI=1S/C10H18O4/c1-6(2)9-4-8(9)7(3)10(5-9,13-11)14-12/h6-8,11-12H,4-5H2,1-3H3/t7-,8?,9-/m0/s1. The molecule has 3 atom stereocenters. The molecular formula is C10H18O4. The molecule has 2 fully saturated rings. The van der Waals surface area contributed by atoms with Crippen LogP contribution in [0.4, 0.5) is 0 Å². The van der Waals surface area contributed by atoms with Crippen molar-refractivity contribution in [1.29, 1.82) is 0 Å². The Labute approximate surface area is 83.7 Å². The lowest BCUT2D eigenvalue weighted by atomic mass is 9.89. The van der Waals surface area contributed by atoms with Crippen LogP contribution in [0.3, 0.4) is 0 Å². The van der Waals surface area contributed by atoms with Gasteiger partial charge in [-0.1, -0.05) is 20.8 Å². The Hall–Kier alpha value is -0.160. The first-order valence-corrected chi connectivity index (χ1v) is 5.17. The van der Waals surface area contributed by atoms with E-state index in [1.54, 1.807) is 0 Å². The molecule has 0 aromatic heterocycles. The quantitative estimate of drug-likeness (QED) is 0.419. The molecule has 14 heavy (non-hydrogen) atoms. The molecule has 0 aromatic rings. The van der Waals surface area contributed by atoms with Crippen LogP contribution >= 0.6 is 0 Å². The lowest BCUT2D eigenvalue weighted by Gasteiger charge is -2.29. The van der Waals surface area contributed by atoms with Crippen molar-refractivity contribution in [2.45, 2.75) is 39.4 Å². The number of hydrogen-bond donors (Lipinski definition) is 2. The third-order valence-corrected chi connectivity index (χ3v) is 4.51. The minimum absolute atomic E-state index is 0.0416. The summed E-state index contributed by atoms with van der Waals surface area (Å²) < 4.78 is 0. The van der Waals surface area contributed by atoms with E-state index in [0.717, 1.165) is 6.42 Å². The highest BCUT2D eigenvalue weighted by atomic mass is 17.2. The summed E-state index contributed by atoms with van der Waals surface area (Å²) in [5, 5.41) is 17.7. The Kier molecular flexibility index (Phi) is 2.16. The van der Waals surface area contributed by atoms with Gasteiger partial charge in [-0.2, -0.15) is 0 Å². The Morgan fingerprint density at radius 3 is 2.14 bits per heavy atom. The Morgan fingerprint density at radius 1 is 1.29 bits per heavy atom. The summed E-state index contributed by atoms with van der Waals surface area (Å²) in [4.78, 5) is 8.73. The SMILES string of the molecule is CC(C)[C@@]12CC1[C@H](C)C(OO)(OO)C2. The highest BCUT2D eigenvalue weighted by Gasteiger charge is 2.72. The smallest absolute Gasteiger partial charge is 0.236 e.